The van der Waals surface area contributed by atoms with Crippen molar-refractivity contribution in [2.24, 2.45) is 0 Å². The Morgan fingerprint density at radius 3 is 0.734 bits per heavy atom. The molecule has 13 heteroatoms. The monoisotopic (exact) mass is 2080 g/mol. The molecular formula is C130H84BBr2Cl4N3Si3+. The molecule has 3 radical (unpaired) electrons. The molecule has 25 aromatic carbocycles. The number of halogens is 6. The van der Waals surface area contributed by atoms with Gasteiger partial charge in [-0.25, -0.2) is 0 Å². The van der Waals surface area contributed by atoms with Gasteiger partial charge in [0, 0.05) is 67.8 Å². The summed E-state index contributed by atoms with van der Waals surface area (Å²) in [5, 5.41) is 42.2. The lowest BCUT2D eigenvalue weighted by molar-refractivity contribution is 1.08. The van der Waals surface area contributed by atoms with E-state index in [0.29, 0.717) is 0 Å². The third-order valence-corrected chi connectivity index (χ3v) is 43.8. The van der Waals surface area contributed by atoms with Crippen molar-refractivity contribution in [3.8, 4) is 17.1 Å². The van der Waals surface area contributed by atoms with Crippen molar-refractivity contribution in [2.75, 3.05) is 0 Å². The van der Waals surface area contributed by atoms with Crippen molar-refractivity contribution in [3.05, 3.63) is 523 Å². The molecule has 0 unspecified atom stereocenters. The van der Waals surface area contributed by atoms with Gasteiger partial charge in [-0.2, -0.15) is 0 Å². The van der Waals surface area contributed by atoms with Gasteiger partial charge in [-0.15, -0.1) is 44.3 Å². The van der Waals surface area contributed by atoms with Gasteiger partial charge < -0.3 is 9.13 Å². The number of aromatic nitrogens is 3. The Labute approximate surface area is 868 Å². The van der Waals surface area contributed by atoms with Crippen LogP contribution in [0, 0.1) is 6.08 Å². The van der Waals surface area contributed by atoms with Crippen molar-refractivity contribution < 1.29 is 0 Å². The molecule has 3 heterocycles. The molecule has 0 fully saturated rings. The van der Waals surface area contributed by atoms with Crippen molar-refractivity contribution in [2.45, 2.75) is 0 Å². The highest BCUT2D eigenvalue weighted by Gasteiger charge is 2.43. The van der Waals surface area contributed by atoms with Gasteiger partial charge in [-0.1, -0.05) is 426 Å². The Kier molecular flexibility index (Phi) is 23.9. The summed E-state index contributed by atoms with van der Waals surface area (Å²) in [6, 6.07) is 179. The molecule has 0 N–H and O–H groups in total. The molecule has 143 heavy (non-hydrogen) atoms. The lowest BCUT2D eigenvalue weighted by Crippen LogP contribution is -2.74. The average Bonchev–Trinajstić information content (AvgIpc) is 1.09. The van der Waals surface area contributed by atoms with Gasteiger partial charge in [0.05, 0.1) is 38.8 Å². The molecule has 0 amide bonds. The van der Waals surface area contributed by atoms with Crippen LogP contribution in [-0.2, 0) is 0 Å². The lowest BCUT2D eigenvalue weighted by atomic mass is 10.00. The molecule has 3 aromatic heterocycles. The second kappa shape index (κ2) is 37.6. The maximum Gasteiger partial charge on any atom is 0.310 e. The second-order valence-electron chi connectivity index (χ2n) is 36.7. The minimum absolute atomic E-state index is 0. The van der Waals surface area contributed by atoms with Crippen LogP contribution in [0.3, 0.4) is 0 Å². The van der Waals surface area contributed by atoms with Gasteiger partial charge in [0.25, 0.3) is 0 Å². The van der Waals surface area contributed by atoms with Crippen LogP contribution >= 0.6 is 76.2 Å². The summed E-state index contributed by atoms with van der Waals surface area (Å²) in [5.41, 5.74) is 11.0. The number of allylic oxidation sites excluding steroid dienone is 1. The van der Waals surface area contributed by atoms with E-state index in [9.17, 15) is 0 Å². The Morgan fingerprint density at radius 2 is 0.413 bits per heavy atom. The fourth-order valence-electron chi connectivity index (χ4n) is 21.8. The van der Waals surface area contributed by atoms with E-state index in [1.165, 1.54) is 211 Å². The minimum atomic E-state index is -3.02. The zero-order valence-corrected chi connectivity index (χ0v) is 86.4. The van der Waals surface area contributed by atoms with Crippen LogP contribution in [0.25, 0.3) is 191 Å². The van der Waals surface area contributed by atoms with Gasteiger partial charge in [-0.05, 0) is 241 Å². The molecular weight excluding hydrogens is 2000 g/mol. The van der Waals surface area contributed by atoms with E-state index >= 15 is 0 Å². The highest BCUT2D eigenvalue weighted by atomic mass is 79.9. The number of fused-ring (bicyclic) bond motifs is 7. The lowest BCUT2D eigenvalue weighted by Gasteiger charge is -2.35. The van der Waals surface area contributed by atoms with Gasteiger partial charge >= 0.3 is 13.4 Å². The first-order valence-corrected chi connectivity index (χ1v) is 59.3. The van der Waals surface area contributed by atoms with Crippen LogP contribution < -0.4 is 46.8 Å². The van der Waals surface area contributed by atoms with E-state index in [4.69, 9.17) is 44.3 Å². The summed E-state index contributed by atoms with van der Waals surface area (Å²) in [4.78, 5) is 0. The topological polar surface area (TPSA) is 14.8 Å². The third kappa shape index (κ3) is 16.3. The number of nitrogens with zero attached hydrogens (tertiary/aromatic N) is 3. The second-order valence-corrected chi connectivity index (χ2v) is 54.9. The van der Waals surface area contributed by atoms with E-state index in [-0.39, 0.29) is 8.41 Å². The standard InChI is InChI=1S/C60H38N2Si.C20H11BrN.2C20H14Cl2Si.C10H7Br.B/c1-3-11-45-37-51(31-25-39(45)9-1)63(52-32-26-40-10-2-4-12-46(40)38-52,49-33-27-47(28-34-49)61-53-17-5-13-41-21-22-42-14-6-18-54(61)58(42)57(41)53)50-35-29-48(30-36-50)62-55-19-7-15-43-23-24-44-16-8-20-56(62)60(44)59(43)55;21-15-9-11-16(12-10-15)22-17-5-1-3-13-7-8-14-4-2-6-18(22)20(14)19(13)17;2*21-23(22,19-11-9-15-5-1-3-7-17(15)13-19)20-12-10-16-6-2-4-8-18(16)14-20;11-10-6-5-8-3-1-2-4-9(8)7-10;/h1-38H;1,3-12H;2*1-14H;1-7H;/q;+1;;;;. The Balaban J connectivity index is 0.000000112. The highest BCUT2D eigenvalue weighted by Crippen LogP contribution is 2.42. The Morgan fingerprint density at radius 1 is 0.189 bits per heavy atom. The molecule has 0 saturated heterocycles. The molecule has 1 aliphatic carbocycles. The van der Waals surface area contributed by atoms with Crippen molar-refractivity contribution in [1.29, 1.82) is 0 Å². The van der Waals surface area contributed by atoms with E-state index < -0.39 is 21.5 Å². The molecule has 1 aliphatic rings. The molecule has 0 spiro atoms. The average molecular weight is 2080 g/mol. The normalized spacial score (nSPS) is 12.0. The number of hydrogen-bond acceptors (Lipinski definition) is 0. The Bertz CT molecular complexity index is 9160. The fraction of sp³-hybridized carbons (Fsp3) is 0. The summed E-state index contributed by atoms with van der Waals surface area (Å²) >= 11 is 34.5. The summed E-state index contributed by atoms with van der Waals surface area (Å²) in [6.45, 7) is -5.49. The van der Waals surface area contributed by atoms with Crippen LogP contribution in [-0.4, -0.2) is 43.6 Å². The summed E-state index contributed by atoms with van der Waals surface area (Å²) in [7, 11) is -3.02. The molecule has 675 valence electrons. The predicted molar refractivity (Wildman–Crippen MR) is 634 cm³/mol. The number of rotatable bonds is 11. The zero-order chi connectivity index (χ0) is 95.3. The first-order valence-electron chi connectivity index (χ1n) is 47.7. The van der Waals surface area contributed by atoms with Gasteiger partial charge in [-0.3, -0.25) is 4.57 Å². The smallest absolute Gasteiger partial charge is 0.309 e. The minimum Gasteiger partial charge on any atom is -0.309 e. The van der Waals surface area contributed by atoms with Crippen molar-refractivity contribution >= 4 is 322 Å². The zero-order valence-electron chi connectivity index (χ0n) is 77.2. The van der Waals surface area contributed by atoms with Crippen LogP contribution in [0.2, 0.25) is 0 Å². The van der Waals surface area contributed by atoms with Crippen LogP contribution in [0.15, 0.2) is 506 Å². The molecule has 0 atom stereocenters. The first kappa shape index (κ1) is 90.8. The maximum atomic E-state index is 6.89. The molecule has 0 saturated carbocycles. The van der Waals surface area contributed by atoms with Gasteiger partial charge in [0.1, 0.15) is 17.5 Å². The fourth-order valence-corrected chi connectivity index (χ4v) is 33.2. The third-order valence-electron chi connectivity index (χ3n) is 28.6. The number of hydrogen-bond donors (Lipinski definition) is 0. The van der Waals surface area contributed by atoms with E-state index in [0.717, 1.165) is 29.7 Å². The van der Waals surface area contributed by atoms with Crippen molar-refractivity contribution in [1.82, 2.24) is 13.7 Å². The van der Waals surface area contributed by atoms with Gasteiger partial charge in [0.2, 0.25) is 0 Å². The quantitative estimate of drug-likeness (QED) is 0.0403. The maximum absolute atomic E-state index is 6.89. The predicted octanol–water partition coefficient (Wildman–Crippen LogP) is 30.9. The molecule has 0 bridgehead atoms. The molecule has 29 rings (SSSR count). The van der Waals surface area contributed by atoms with E-state index in [2.05, 4.69) is 513 Å². The molecule has 3 nitrogen and oxygen atoms in total. The summed E-state index contributed by atoms with van der Waals surface area (Å²) in [6.07, 6.45) is 7.44. The van der Waals surface area contributed by atoms with E-state index in [1.54, 1.807) is 0 Å². The van der Waals surface area contributed by atoms with Crippen molar-refractivity contribution in [3.63, 3.8) is 0 Å². The molecule has 0 aliphatic heterocycles. The first-order chi connectivity index (χ1) is 69.7. The van der Waals surface area contributed by atoms with E-state index in [1.807, 2.05) is 48.5 Å². The largest absolute Gasteiger partial charge is 0.310 e. The highest BCUT2D eigenvalue weighted by molar-refractivity contribution is 9.10. The van der Waals surface area contributed by atoms with Gasteiger partial charge in [0.15, 0.2) is 13.4 Å². The SMILES string of the molecule is Brc1ccc(-n2c3c4c(ccc5cccc2c54)C=[C+]C=3)cc1.Brc1ccc2ccccc2c1.Cl[Si](Cl)(c1ccc2ccccc2c1)c1ccc2ccccc2c1.Cl[Si](Cl)(c1ccc2ccccc2c1)c1ccc2ccccc2c1.[B].c1ccc2cc([Si](c3ccc(-n4c5cccc6ccc7cccc4c7c65)cc3)(c3ccc(-n4c5cccc6ccc7cccc4c7c65)cc3)c3ccc4ccccc4c3)ccc2c1. The summed E-state index contributed by atoms with van der Waals surface area (Å²) in [5.74, 6) is 0. The van der Waals surface area contributed by atoms with Crippen LogP contribution in [0.4, 0.5) is 0 Å². The Hall–Kier alpha value is -14.8. The number of benzene rings is 25. The molecule has 28 aromatic rings. The van der Waals surface area contributed by atoms with Crippen LogP contribution in [0.1, 0.15) is 5.56 Å². The van der Waals surface area contributed by atoms with Crippen LogP contribution in [0.5, 0.6) is 0 Å². The summed E-state index contributed by atoms with van der Waals surface area (Å²) < 4.78 is 9.49.